The normalized spacial score (nSPS) is 21.7. The molecule has 5 N–H and O–H groups in total. The van der Waals surface area contributed by atoms with Gasteiger partial charge in [0.25, 0.3) is 0 Å². The molecule has 0 aromatic rings. The maximum atomic E-state index is 11.1. The third kappa shape index (κ3) is 4.94. The molecule has 8 heteroatoms. The van der Waals surface area contributed by atoms with Gasteiger partial charge in [0.2, 0.25) is 5.91 Å². The van der Waals surface area contributed by atoms with E-state index in [1.54, 1.807) is 0 Å². The van der Waals surface area contributed by atoms with E-state index < -0.39 is 6.04 Å². The number of amides is 1. The van der Waals surface area contributed by atoms with Crippen molar-refractivity contribution in [2.45, 2.75) is 12.1 Å². The lowest BCUT2D eigenvalue weighted by atomic mass is 10.2. The lowest BCUT2D eigenvalue weighted by molar-refractivity contribution is -0.123. The van der Waals surface area contributed by atoms with E-state index in [1.807, 2.05) is 0 Å². The van der Waals surface area contributed by atoms with Crippen molar-refractivity contribution in [3.05, 3.63) is 0 Å². The minimum Gasteiger partial charge on any atom is -0.394 e. The lowest BCUT2D eigenvalue weighted by Gasteiger charge is -2.12. The van der Waals surface area contributed by atoms with E-state index in [2.05, 4.69) is 10.8 Å². The molecule has 1 aliphatic rings. The fourth-order valence-corrected chi connectivity index (χ4v) is 0.862. The van der Waals surface area contributed by atoms with Gasteiger partial charge in [0.1, 0.15) is 6.04 Å². The topological polar surface area (TPSA) is 96.6 Å². The first kappa shape index (κ1) is 16.3. The van der Waals surface area contributed by atoms with Crippen molar-refractivity contribution in [1.82, 2.24) is 10.8 Å². The van der Waals surface area contributed by atoms with Gasteiger partial charge in [-0.1, -0.05) is 0 Å². The molecule has 0 unspecified atom stereocenters. The summed E-state index contributed by atoms with van der Waals surface area (Å²) in [5.41, 5.74) is 7.89. The lowest BCUT2D eigenvalue weighted by Crippen LogP contribution is -2.48. The van der Waals surface area contributed by atoms with Crippen LogP contribution in [0.1, 0.15) is 0 Å². The number of hydrogen-bond donors (Lipinski definition) is 4. The van der Waals surface area contributed by atoms with Gasteiger partial charge in [0, 0.05) is 6.54 Å². The van der Waals surface area contributed by atoms with E-state index in [0.29, 0.717) is 13.2 Å². The van der Waals surface area contributed by atoms with Crippen molar-refractivity contribution in [3.63, 3.8) is 0 Å². The highest BCUT2D eigenvalue weighted by Crippen LogP contribution is 1.91. The smallest absolute Gasteiger partial charge is 0.239 e. The Morgan fingerprint density at radius 1 is 1.71 bits per heavy atom. The van der Waals surface area contributed by atoms with Gasteiger partial charge >= 0.3 is 0 Å². The number of hydroxylamine groups is 1. The van der Waals surface area contributed by atoms with Crippen LogP contribution in [0, 0.1) is 0 Å². The van der Waals surface area contributed by atoms with Crippen LogP contribution in [-0.2, 0) is 9.63 Å². The molecular weight excluding hydrogens is 233 g/mol. The van der Waals surface area contributed by atoms with Gasteiger partial charge in [0.05, 0.1) is 19.3 Å². The molecule has 0 saturated carbocycles. The number of rotatable bonds is 3. The van der Waals surface area contributed by atoms with Gasteiger partial charge in [-0.15, -0.1) is 24.8 Å². The molecule has 1 heterocycles. The van der Waals surface area contributed by atoms with E-state index in [0.717, 1.165) is 0 Å². The van der Waals surface area contributed by atoms with Gasteiger partial charge in [0.15, 0.2) is 0 Å². The molecule has 0 radical (unpaired) electrons. The summed E-state index contributed by atoms with van der Waals surface area (Å²) >= 11 is 0. The number of carbonyl (C=O) groups excluding carboxylic acids is 1. The van der Waals surface area contributed by atoms with Crippen LogP contribution < -0.4 is 16.5 Å². The minimum atomic E-state index is -0.842. The van der Waals surface area contributed by atoms with Crippen LogP contribution in [0.2, 0.25) is 0 Å². The number of nitrogens with one attached hydrogen (secondary N) is 2. The average molecular weight is 248 g/mol. The minimum absolute atomic E-state index is 0. The molecule has 2 atom stereocenters. The monoisotopic (exact) mass is 247 g/mol. The third-order valence-corrected chi connectivity index (χ3v) is 1.60. The van der Waals surface area contributed by atoms with Gasteiger partial charge in [-0.2, -0.15) is 0 Å². The number of aliphatic hydroxyl groups excluding tert-OH is 1. The maximum absolute atomic E-state index is 11.1. The van der Waals surface area contributed by atoms with Crippen molar-refractivity contribution < 1.29 is 14.7 Å². The summed E-state index contributed by atoms with van der Waals surface area (Å²) < 4.78 is 0. The second kappa shape index (κ2) is 8.22. The van der Waals surface area contributed by atoms with Gasteiger partial charge in [-0.05, 0) is 0 Å². The maximum Gasteiger partial charge on any atom is 0.239 e. The predicted molar refractivity (Wildman–Crippen MR) is 55.4 cm³/mol. The quantitative estimate of drug-likeness (QED) is 0.471. The van der Waals surface area contributed by atoms with Crippen LogP contribution >= 0.6 is 24.8 Å². The Bertz CT molecular complexity index is 166. The second-order valence-electron chi connectivity index (χ2n) is 2.65. The molecule has 1 rings (SSSR count). The third-order valence-electron chi connectivity index (χ3n) is 1.60. The zero-order valence-electron chi connectivity index (χ0n) is 7.43. The summed E-state index contributed by atoms with van der Waals surface area (Å²) in [6, 6.07) is -0.888. The number of hydrogen-bond acceptors (Lipinski definition) is 5. The summed E-state index contributed by atoms with van der Waals surface area (Å²) in [5, 5.41) is 11.2. The zero-order chi connectivity index (χ0) is 8.97. The Labute approximate surface area is 94.3 Å². The van der Waals surface area contributed by atoms with E-state index in [9.17, 15) is 4.79 Å². The molecule has 1 aliphatic heterocycles. The number of carbonyl (C=O) groups is 1. The Balaban J connectivity index is 0. The fourth-order valence-electron chi connectivity index (χ4n) is 0.862. The molecule has 0 bridgehead atoms. The number of aliphatic hydroxyl groups is 1. The highest BCUT2D eigenvalue weighted by Gasteiger charge is 2.20. The van der Waals surface area contributed by atoms with E-state index in [-0.39, 0.29) is 43.4 Å². The van der Waals surface area contributed by atoms with Crippen LogP contribution in [0.15, 0.2) is 0 Å². The first-order valence-electron chi connectivity index (χ1n) is 3.75. The van der Waals surface area contributed by atoms with Crippen LogP contribution in [0.25, 0.3) is 0 Å². The fraction of sp³-hybridized carbons (Fsp3) is 0.833. The van der Waals surface area contributed by atoms with Gasteiger partial charge < -0.3 is 16.2 Å². The first-order chi connectivity index (χ1) is 5.74. The molecule has 0 spiro atoms. The Morgan fingerprint density at radius 3 is 2.79 bits per heavy atom. The summed E-state index contributed by atoms with van der Waals surface area (Å²) in [6.45, 7) is 0.667. The molecule has 0 aromatic heterocycles. The van der Waals surface area contributed by atoms with Crippen molar-refractivity contribution in [1.29, 1.82) is 0 Å². The molecule has 86 valence electrons. The van der Waals surface area contributed by atoms with Gasteiger partial charge in [-0.3, -0.25) is 9.63 Å². The van der Waals surface area contributed by atoms with Crippen molar-refractivity contribution in [2.75, 3.05) is 19.8 Å². The molecule has 1 amide bonds. The summed E-state index contributed by atoms with van der Waals surface area (Å²) in [7, 11) is 0. The van der Waals surface area contributed by atoms with E-state index in [1.165, 1.54) is 0 Å². The predicted octanol–water partition coefficient (Wildman–Crippen LogP) is -1.83. The van der Waals surface area contributed by atoms with Gasteiger partial charge in [-0.25, -0.2) is 5.48 Å². The molecule has 0 aliphatic carbocycles. The van der Waals surface area contributed by atoms with Crippen molar-refractivity contribution in [2.24, 2.45) is 5.73 Å². The van der Waals surface area contributed by atoms with E-state index >= 15 is 0 Å². The Hall–Kier alpha value is -0.110. The van der Waals surface area contributed by atoms with Crippen LogP contribution in [-0.4, -0.2) is 42.9 Å². The highest BCUT2D eigenvalue weighted by atomic mass is 35.5. The number of halogens is 2. The molecule has 1 fully saturated rings. The van der Waals surface area contributed by atoms with Crippen LogP contribution in [0.5, 0.6) is 0 Å². The number of nitrogens with two attached hydrogens (primary N) is 1. The molecule has 1 saturated heterocycles. The molecule has 14 heavy (non-hydrogen) atoms. The first-order valence-corrected chi connectivity index (χ1v) is 3.75. The van der Waals surface area contributed by atoms with Crippen molar-refractivity contribution in [3.8, 4) is 0 Å². The largest absolute Gasteiger partial charge is 0.394 e. The highest BCUT2D eigenvalue weighted by molar-refractivity contribution is 5.85. The molecule has 6 nitrogen and oxygen atoms in total. The standard InChI is InChI=1S/C6H13N3O3.2ClH/c7-5(2-10)6(11)9-4-1-8-12-3-4;;/h4-5,8,10H,1-3,7H2,(H,9,11);2*1H/t4-,5-;;/m1../s1. The zero-order valence-corrected chi connectivity index (χ0v) is 9.07. The summed E-state index contributed by atoms with van der Waals surface area (Å²) in [4.78, 5) is 15.9. The van der Waals surface area contributed by atoms with Crippen LogP contribution in [0.4, 0.5) is 0 Å². The molecule has 0 aromatic carbocycles. The second-order valence-corrected chi connectivity index (χ2v) is 2.65. The van der Waals surface area contributed by atoms with Crippen LogP contribution in [0.3, 0.4) is 0 Å². The van der Waals surface area contributed by atoms with Crippen molar-refractivity contribution >= 4 is 30.7 Å². The average Bonchev–Trinajstić information content (AvgIpc) is 2.55. The van der Waals surface area contributed by atoms with E-state index in [4.69, 9.17) is 15.7 Å². The molecular formula is C6H15Cl2N3O3. The SMILES string of the molecule is Cl.Cl.N[C@H](CO)C(=O)N[C@@H]1CNOC1. The Kier molecular flexibility index (Phi) is 9.58. The summed E-state index contributed by atoms with van der Waals surface area (Å²) in [6.07, 6.45) is 0. The Morgan fingerprint density at radius 2 is 2.36 bits per heavy atom. The summed E-state index contributed by atoms with van der Waals surface area (Å²) in [5.74, 6) is -0.352.